The van der Waals surface area contributed by atoms with E-state index in [1.54, 1.807) is 12.1 Å². The second kappa shape index (κ2) is 7.73. The zero-order valence-electron chi connectivity index (χ0n) is 16.1. The van der Waals surface area contributed by atoms with Crippen LogP contribution < -0.4 is 10.2 Å². The molecule has 8 nitrogen and oxygen atoms in total. The van der Waals surface area contributed by atoms with Crippen molar-refractivity contribution in [2.75, 3.05) is 43.6 Å². The Labute approximate surface area is 163 Å². The number of ether oxygens (including phenoxy) is 3. The molecule has 2 saturated heterocycles. The summed E-state index contributed by atoms with van der Waals surface area (Å²) in [6.07, 6.45) is 1.58. The summed E-state index contributed by atoms with van der Waals surface area (Å²) >= 11 is 0. The van der Waals surface area contributed by atoms with Gasteiger partial charge in [0.2, 0.25) is 5.95 Å². The number of piperidine rings is 1. The van der Waals surface area contributed by atoms with Gasteiger partial charge in [0.15, 0.2) is 5.79 Å². The average Bonchev–Trinajstić information content (AvgIpc) is 3.16. The Morgan fingerprint density at radius 3 is 2.61 bits per heavy atom. The van der Waals surface area contributed by atoms with E-state index in [9.17, 15) is 4.79 Å². The Morgan fingerprint density at radius 1 is 1.18 bits per heavy atom. The van der Waals surface area contributed by atoms with Gasteiger partial charge >= 0.3 is 5.97 Å². The molecule has 1 N–H and O–H groups in total. The van der Waals surface area contributed by atoms with Gasteiger partial charge in [0.25, 0.3) is 0 Å². The molecule has 8 heteroatoms. The minimum Gasteiger partial charge on any atom is -0.465 e. The van der Waals surface area contributed by atoms with Crippen LogP contribution in [0, 0.1) is 6.92 Å². The lowest BCUT2D eigenvalue weighted by Gasteiger charge is -2.37. The van der Waals surface area contributed by atoms with Crippen LogP contribution in [-0.4, -0.2) is 55.1 Å². The molecule has 1 aromatic carbocycles. The van der Waals surface area contributed by atoms with E-state index in [1.165, 1.54) is 7.11 Å². The SMILES string of the molecule is COC(=O)c1ccccc1Nc1cc(C)nc(N2CCC3(CC2)OCCO3)n1. The van der Waals surface area contributed by atoms with Crippen LogP contribution in [-0.2, 0) is 14.2 Å². The lowest BCUT2D eigenvalue weighted by atomic mass is 10.0. The number of esters is 1. The van der Waals surface area contributed by atoms with Gasteiger partial charge in [-0.1, -0.05) is 12.1 Å². The summed E-state index contributed by atoms with van der Waals surface area (Å²) in [6, 6.07) is 9.05. The normalized spacial score (nSPS) is 18.3. The second-order valence-electron chi connectivity index (χ2n) is 6.95. The fourth-order valence-corrected chi connectivity index (χ4v) is 3.61. The molecule has 1 spiro atoms. The summed E-state index contributed by atoms with van der Waals surface area (Å²) < 4.78 is 16.4. The van der Waals surface area contributed by atoms with E-state index >= 15 is 0 Å². The minimum absolute atomic E-state index is 0.396. The molecule has 0 bridgehead atoms. The minimum atomic E-state index is -0.430. The van der Waals surface area contributed by atoms with E-state index < -0.39 is 11.8 Å². The van der Waals surface area contributed by atoms with Crippen LogP contribution in [0.1, 0.15) is 28.9 Å². The smallest absolute Gasteiger partial charge is 0.339 e. The number of hydrogen-bond donors (Lipinski definition) is 1. The molecular weight excluding hydrogens is 360 g/mol. The molecule has 1 aromatic heterocycles. The van der Waals surface area contributed by atoms with E-state index in [1.807, 2.05) is 25.1 Å². The number of rotatable bonds is 4. The molecule has 2 aliphatic heterocycles. The van der Waals surface area contributed by atoms with Crippen molar-refractivity contribution >= 4 is 23.4 Å². The molecular formula is C20H24N4O4. The lowest BCUT2D eigenvalue weighted by Crippen LogP contribution is -2.45. The first-order valence-corrected chi connectivity index (χ1v) is 9.41. The van der Waals surface area contributed by atoms with Crippen LogP contribution in [0.5, 0.6) is 0 Å². The van der Waals surface area contributed by atoms with Crippen molar-refractivity contribution in [1.29, 1.82) is 0 Å². The first-order chi connectivity index (χ1) is 13.6. The molecule has 0 aliphatic carbocycles. The van der Waals surface area contributed by atoms with Crippen molar-refractivity contribution in [3.05, 3.63) is 41.6 Å². The fourth-order valence-electron chi connectivity index (χ4n) is 3.61. The zero-order chi connectivity index (χ0) is 19.6. The van der Waals surface area contributed by atoms with Gasteiger partial charge in [0, 0.05) is 37.7 Å². The Morgan fingerprint density at radius 2 is 1.89 bits per heavy atom. The van der Waals surface area contributed by atoms with Crippen molar-refractivity contribution in [1.82, 2.24) is 9.97 Å². The molecule has 0 saturated carbocycles. The summed E-state index contributed by atoms with van der Waals surface area (Å²) in [5.41, 5.74) is 1.94. The summed E-state index contributed by atoms with van der Waals surface area (Å²) in [6.45, 7) is 4.78. The molecule has 148 valence electrons. The largest absolute Gasteiger partial charge is 0.465 e. The molecule has 0 radical (unpaired) electrons. The molecule has 3 heterocycles. The maximum atomic E-state index is 12.0. The molecule has 2 aliphatic rings. The van der Waals surface area contributed by atoms with Crippen LogP contribution in [0.15, 0.2) is 30.3 Å². The summed E-state index contributed by atoms with van der Waals surface area (Å²) in [7, 11) is 1.37. The van der Waals surface area contributed by atoms with Crippen molar-refractivity contribution in [2.24, 2.45) is 0 Å². The van der Waals surface area contributed by atoms with E-state index in [0.717, 1.165) is 31.6 Å². The van der Waals surface area contributed by atoms with Gasteiger partial charge < -0.3 is 24.4 Å². The molecule has 2 fully saturated rings. The number of carbonyl (C=O) groups is 1. The Kier molecular flexibility index (Phi) is 5.15. The Hall–Kier alpha value is -2.71. The monoisotopic (exact) mass is 384 g/mol. The standard InChI is InChI=1S/C20H24N4O4/c1-14-13-17(22-16-6-4-3-5-15(16)18(25)26-2)23-19(21-14)24-9-7-20(8-10-24)27-11-12-28-20/h3-6,13H,7-12H2,1-2H3,(H,21,22,23). The quantitative estimate of drug-likeness (QED) is 0.806. The number of anilines is 3. The third-order valence-electron chi connectivity index (χ3n) is 5.06. The predicted octanol–water partition coefficient (Wildman–Crippen LogP) is 2.66. The molecule has 2 aromatic rings. The lowest BCUT2D eigenvalue weighted by molar-refractivity contribution is -0.169. The van der Waals surface area contributed by atoms with Crippen LogP contribution in [0.4, 0.5) is 17.5 Å². The van der Waals surface area contributed by atoms with E-state index in [4.69, 9.17) is 14.2 Å². The zero-order valence-corrected chi connectivity index (χ0v) is 16.1. The van der Waals surface area contributed by atoms with E-state index in [2.05, 4.69) is 20.2 Å². The van der Waals surface area contributed by atoms with Gasteiger partial charge in [-0.05, 0) is 19.1 Å². The molecule has 0 unspecified atom stereocenters. The number of aromatic nitrogens is 2. The highest BCUT2D eigenvalue weighted by molar-refractivity contribution is 5.96. The van der Waals surface area contributed by atoms with Crippen LogP contribution in [0.3, 0.4) is 0 Å². The fraction of sp³-hybridized carbons (Fsp3) is 0.450. The predicted molar refractivity (Wildman–Crippen MR) is 104 cm³/mol. The summed E-state index contributed by atoms with van der Waals surface area (Å²) in [4.78, 5) is 23.4. The number of nitrogens with zero attached hydrogens (tertiary/aromatic N) is 3. The van der Waals surface area contributed by atoms with E-state index in [-0.39, 0.29) is 0 Å². The van der Waals surface area contributed by atoms with Gasteiger partial charge in [-0.3, -0.25) is 0 Å². The summed E-state index contributed by atoms with van der Waals surface area (Å²) in [5, 5.41) is 3.23. The van der Waals surface area contributed by atoms with Crippen molar-refractivity contribution in [2.45, 2.75) is 25.6 Å². The third kappa shape index (κ3) is 3.79. The first kappa shape index (κ1) is 18.6. The second-order valence-corrected chi connectivity index (χ2v) is 6.95. The summed E-state index contributed by atoms with van der Waals surface area (Å²) in [5.74, 6) is 0.464. The molecule has 0 atom stereocenters. The molecule has 28 heavy (non-hydrogen) atoms. The van der Waals surface area contributed by atoms with Gasteiger partial charge in [-0.15, -0.1) is 0 Å². The maximum absolute atomic E-state index is 12.0. The maximum Gasteiger partial charge on any atom is 0.339 e. The van der Waals surface area contributed by atoms with Crippen LogP contribution in [0.25, 0.3) is 0 Å². The third-order valence-corrected chi connectivity index (χ3v) is 5.06. The highest BCUT2D eigenvalue weighted by Gasteiger charge is 2.40. The van der Waals surface area contributed by atoms with Crippen molar-refractivity contribution in [3.63, 3.8) is 0 Å². The highest BCUT2D eigenvalue weighted by Crippen LogP contribution is 2.32. The number of aryl methyl sites for hydroxylation is 1. The molecule has 4 rings (SSSR count). The van der Waals surface area contributed by atoms with Crippen molar-refractivity contribution in [3.8, 4) is 0 Å². The highest BCUT2D eigenvalue weighted by atomic mass is 16.7. The number of hydrogen-bond acceptors (Lipinski definition) is 8. The van der Waals surface area contributed by atoms with Crippen molar-refractivity contribution < 1.29 is 19.0 Å². The van der Waals surface area contributed by atoms with Gasteiger partial charge in [0.05, 0.1) is 31.6 Å². The average molecular weight is 384 g/mol. The van der Waals surface area contributed by atoms with Gasteiger partial charge in [-0.2, -0.15) is 4.98 Å². The Balaban J connectivity index is 1.53. The topological polar surface area (TPSA) is 85.8 Å². The first-order valence-electron chi connectivity index (χ1n) is 9.41. The molecule has 0 amide bonds. The number of nitrogens with one attached hydrogen (secondary N) is 1. The van der Waals surface area contributed by atoms with Crippen LogP contribution >= 0.6 is 0 Å². The Bertz CT molecular complexity index is 857. The number of carbonyl (C=O) groups excluding carboxylic acids is 1. The number of methoxy groups -OCH3 is 1. The number of para-hydroxylation sites is 1. The number of benzene rings is 1. The van der Waals surface area contributed by atoms with Gasteiger partial charge in [0.1, 0.15) is 5.82 Å². The van der Waals surface area contributed by atoms with Gasteiger partial charge in [-0.25, -0.2) is 9.78 Å². The van der Waals surface area contributed by atoms with E-state index in [0.29, 0.717) is 36.2 Å². The van der Waals surface area contributed by atoms with Crippen LogP contribution in [0.2, 0.25) is 0 Å².